The summed E-state index contributed by atoms with van der Waals surface area (Å²) in [5, 5.41) is 0.671. The molecule has 3 rings (SSSR count). The smallest absolute Gasteiger partial charge is 0.254 e. The summed E-state index contributed by atoms with van der Waals surface area (Å²) in [7, 11) is 0. The zero-order chi connectivity index (χ0) is 16.1. The number of rotatable bonds is 5. The molecule has 0 fully saturated rings. The van der Waals surface area contributed by atoms with Gasteiger partial charge in [0.2, 0.25) is 0 Å². The molecule has 0 amide bonds. The van der Waals surface area contributed by atoms with E-state index in [9.17, 15) is 4.79 Å². The Kier molecular flexibility index (Phi) is 4.79. The summed E-state index contributed by atoms with van der Waals surface area (Å²) in [5.41, 5.74) is 1.96. The van der Waals surface area contributed by atoms with E-state index in [0.29, 0.717) is 23.9 Å². The molecule has 0 saturated carbocycles. The fraction of sp³-hybridized carbons (Fsp3) is 0.105. The molecule has 0 N–H and O–H groups in total. The van der Waals surface area contributed by atoms with E-state index >= 15 is 0 Å². The van der Waals surface area contributed by atoms with Gasteiger partial charge in [-0.05, 0) is 29.3 Å². The van der Waals surface area contributed by atoms with E-state index in [1.165, 1.54) is 6.07 Å². The number of aromatic nitrogens is 1. The van der Waals surface area contributed by atoms with E-state index < -0.39 is 0 Å². The summed E-state index contributed by atoms with van der Waals surface area (Å²) in [5.74, 6) is 0.555. The van der Waals surface area contributed by atoms with Gasteiger partial charge in [-0.1, -0.05) is 54.1 Å². The summed E-state index contributed by atoms with van der Waals surface area (Å²) < 4.78 is 7.32. The Morgan fingerprint density at radius 2 is 1.70 bits per heavy atom. The molecule has 2 aromatic carbocycles. The molecule has 1 heterocycles. The number of pyridine rings is 1. The average Bonchev–Trinajstić information content (AvgIpc) is 2.56. The van der Waals surface area contributed by atoms with Crippen molar-refractivity contribution in [2.75, 3.05) is 0 Å². The second-order valence-corrected chi connectivity index (χ2v) is 5.67. The second kappa shape index (κ2) is 7.16. The molecule has 116 valence electrons. The lowest BCUT2D eigenvalue weighted by Gasteiger charge is -2.09. The maximum absolute atomic E-state index is 12.2. The van der Waals surface area contributed by atoms with E-state index in [1.807, 2.05) is 54.6 Å². The van der Waals surface area contributed by atoms with Gasteiger partial charge in [0.15, 0.2) is 0 Å². The average molecular weight is 326 g/mol. The third-order valence-electron chi connectivity index (χ3n) is 3.46. The minimum atomic E-state index is -0.0857. The highest BCUT2D eigenvalue weighted by molar-refractivity contribution is 6.30. The maximum atomic E-state index is 12.2. The predicted octanol–water partition coefficient (Wildman–Crippen LogP) is 4.13. The highest BCUT2D eigenvalue weighted by atomic mass is 35.5. The first-order chi connectivity index (χ1) is 11.2. The van der Waals surface area contributed by atoms with Gasteiger partial charge in [-0.3, -0.25) is 4.79 Å². The van der Waals surface area contributed by atoms with Crippen LogP contribution in [0.4, 0.5) is 0 Å². The molecule has 0 unspecified atom stereocenters. The predicted molar refractivity (Wildman–Crippen MR) is 92.0 cm³/mol. The highest BCUT2D eigenvalue weighted by Gasteiger charge is 2.02. The quantitative estimate of drug-likeness (QED) is 0.706. The van der Waals surface area contributed by atoms with Crippen LogP contribution < -0.4 is 10.3 Å². The number of hydrogen-bond donors (Lipinski definition) is 0. The van der Waals surface area contributed by atoms with Gasteiger partial charge < -0.3 is 9.30 Å². The van der Waals surface area contributed by atoms with Crippen LogP contribution in [0.2, 0.25) is 5.02 Å². The second-order valence-electron chi connectivity index (χ2n) is 5.23. The number of ether oxygens (including phenoxy) is 1. The van der Waals surface area contributed by atoms with Gasteiger partial charge in [-0.2, -0.15) is 0 Å². The van der Waals surface area contributed by atoms with Crippen molar-refractivity contribution in [3.05, 3.63) is 99.4 Å². The largest absolute Gasteiger partial charge is 0.489 e. The topological polar surface area (TPSA) is 31.2 Å². The molecule has 0 atom stereocenters. The first-order valence-electron chi connectivity index (χ1n) is 7.32. The Morgan fingerprint density at radius 1 is 0.913 bits per heavy atom. The van der Waals surface area contributed by atoms with Gasteiger partial charge in [0.25, 0.3) is 5.56 Å². The first kappa shape index (κ1) is 15.4. The van der Waals surface area contributed by atoms with E-state index in [2.05, 4.69) is 0 Å². The fourth-order valence-corrected chi connectivity index (χ4v) is 2.50. The van der Waals surface area contributed by atoms with Crippen LogP contribution in [0.5, 0.6) is 5.75 Å². The molecule has 0 saturated heterocycles. The Balaban J connectivity index is 1.68. The van der Waals surface area contributed by atoms with Crippen LogP contribution in [-0.2, 0) is 13.2 Å². The van der Waals surface area contributed by atoms with Crippen LogP contribution >= 0.6 is 11.6 Å². The van der Waals surface area contributed by atoms with Gasteiger partial charge in [-0.15, -0.1) is 0 Å². The number of benzene rings is 2. The summed E-state index contributed by atoms with van der Waals surface area (Å²) in [4.78, 5) is 12.2. The molecule has 3 nitrogen and oxygen atoms in total. The van der Waals surface area contributed by atoms with Gasteiger partial charge in [0.05, 0.1) is 6.54 Å². The minimum absolute atomic E-state index is 0.0857. The third kappa shape index (κ3) is 4.24. The highest BCUT2D eigenvalue weighted by Crippen LogP contribution is 2.14. The summed E-state index contributed by atoms with van der Waals surface area (Å²) >= 11 is 5.94. The van der Waals surface area contributed by atoms with Crippen LogP contribution in [0, 0.1) is 0 Å². The van der Waals surface area contributed by atoms with Crippen molar-refractivity contribution in [1.82, 2.24) is 4.57 Å². The van der Waals surface area contributed by atoms with Gasteiger partial charge >= 0.3 is 0 Å². The van der Waals surface area contributed by atoms with Crippen molar-refractivity contribution in [2.24, 2.45) is 0 Å². The molecule has 4 heteroatoms. The van der Waals surface area contributed by atoms with E-state index in [-0.39, 0.29) is 5.56 Å². The normalized spacial score (nSPS) is 10.5. The van der Waals surface area contributed by atoms with Crippen molar-refractivity contribution in [3.8, 4) is 5.75 Å². The van der Waals surface area contributed by atoms with Crippen LogP contribution in [-0.4, -0.2) is 4.57 Å². The Bertz CT molecular complexity index is 843. The Labute approximate surface area is 139 Å². The SMILES string of the molecule is O=c1cc(OCc2cccc(Cl)c2)ccn1Cc1ccccc1. The van der Waals surface area contributed by atoms with Crippen LogP contribution in [0.3, 0.4) is 0 Å². The summed E-state index contributed by atoms with van der Waals surface area (Å²) in [6.07, 6.45) is 1.75. The van der Waals surface area contributed by atoms with Gasteiger partial charge in [0, 0.05) is 17.3 Å². The van der Waals surface area contributed by atoms with Crippen molar-refractivity contribution < 1.29 is 4.74 Å². The van der Waals surface area contributed by atoms with E-state index in [1.54, 1.807) is 16.8 Å². The fourth-order valence-electron chi connectivity index (χ4n) is 2.28. The summed E-state index contributed by atoms with van der Waals surface area (Å²) in [6.45, 7) is 0.928. The van der Waals surface area contributed by atoms with E-state index in [0.717, 1.165) is 11.1 Å². The first-order valence-corrected chi connectivity index (χ1v) is 7.70. The van der Waals surface area contributed by atoms with Crippen LogP contribution in [0.1, 0.15) is 11.1 Å². The number of halogens is 1. The monoisotopic (exact) mass is 325 g/mol. The molecule has 0 radical (unpaired) electrons. The Hall–Kier alpha value is -2.52. The molecule has 23 heavy (non-hydrogen) atoms. The van der Waals surface area contributed by atoms with E-state index in [4.69, 9.17) is 16.3 Å². The van der Waals surface area contributed by atoms with Crippen LogP contribution in [0.15, 0.2) is 77.7 Å². The molecule has 1 aromatic heterocycles. The molecular weight excluding hydrogens is 310 g/mol. The van der Waals surface area contributed by atoms with Crippen LogP contribution in [0.25, 0.3) is 0 Å². The zero-order valence-corrected chi connectivity index (χ0v) is 13.2. The van der Waals surface area contributed by atoms with Crippen molar-refractivity contribution >= 4 is 11.6 Å². The lowest BCUT2D eigenvalue weighted by molar-refractivity contribution is 0.305. The Morgan fingerprint density at radius 3 is 2.43 bits per heavy atom. The molecule has 0 aliphatic carbocycles. The number of nitrogens with zero attached hydrogens (tertiary/aromatic N) is 1. The molecule has 0 spiro atoms. The molecular formula is C19H16ClNO2. The zero-order valence-electron chi connectivity index (χ0n) is 12.5. The lowest BCUT2D eigenvalue weighted by atomic mass is 10.2. The molecule has 3 aromatic rings. The van der Waals surface area contributed by atoms with Crippen molar-refractivity contribution in [2.45, 2.75) is 13.2 Å². The summed E-state index contributed by atoms with van der Waals surface area (Å²) in [6, 6.07) is 20.6. The van der Waals surface area contributed by atoms with Crippen molar-refractivity contribution in [1.29, 1.82) is 0 Å². The molecule has 0 aliphatic rings. The standard InChI is InChI=1S/C19H16ClNO2/c20-17-8-4-7-16(11-17)14-23-18-9-10-21(19(22)12-18)13-15-5-2-1-3-6-15/h1-12H,13-14H2. The number of hydrogen-bond acceptors (Lipinski definition) is 2. The van der Waals surface area contributed by atoms with Crippen molar-refractivity contribution in [3.63, 3.8) is 0 Å². The molecule has 0 aliphatic heterocycles. The third-order valence-corrected chi connectivity index (χ3v) is 3.69. The minimum Gasteiger partial charge on any atom is -0.489 e. The maximum Gasteiger partial charge on any atom is 0.254 e. The van der Waals surface area contributed by atoms with Gasteiger partial charge in [0.1, 0.15) is 12.4 Å². The molecule has 0 bridgehead atoms. The lowest BCUT2D eigenvalue weighted by Crippen LogP contribution is -2.19. The van der Waals surface area contributed by atoms with Gasteiger partial charge in [-0.25, -0.2) is 0 Å².